The monoisotopic (exact) mass is 326 g/mol. The molecular weight excluding hydrogens is 302 g/mol. The number of likely N-dealkylation sites (tertiary alicyclic amines) is 1. The summed E-state index contributed by atoms with van der Waals surface area (Å²) >= 11 is 0. The van der Waals surface area contributed by atoms with Crippen molar-refractivity contribution in [2.45, 2.75) is 32.4 Å². The number of amides is 1. The van der Waals surface area contributed by atoms with Crippen molar-refractivity contribution >= 4 is 5.91 Å². The van der Waals surface area contributed by atoms with Crippen LogP contribution in [-0.4, -0.2) is 53.6 Å². The standard InChI is InChI=1S/C17H24F2N2O2/c1-11-6-7-21(9-16(11)22)10-17(23)20(3)12(2)13-4-5-14(18)15(19)8-13/h4-5,8,11-12,16,22H,6-7,9-10H2,1-3H3. The first kappa shape index (κ1) is 17.8. The van der Waals surface area contributed by atoms with Crippen LogP contribution in [0.2, 0.25) is 0 Å². The number of carbonyl (C=O) groups excluding carboxylic acids is 1. The van der Waals surface area contributed by atoms with Crippen LogP contribution in [-0.2, 0) is 4.79 Å². The van der Waals surface area contributed by atoms with E-state index in [1.807, 2.05) is 11.8 Å². The Labute approximate surface area is 135 Å². The van der Waals surface area contributed by atoms with E-state index < -0.39 is 17.7 Å². The molecule has 6 heteroatoms. The second-order valence-corrected chi connectivity index (χ2v) is 6.42. The predicted molar refractivity (Wildman–Crippen MR) is 83.8 cm³/mol. The number of aliphatic hydroxyl groups excluding tert-OH is 1. The molecule has 1 heterocycles. The molecule has 0 spiro atoms. The van der Waals surface area contributed by atoms with Crippen LogP contribution in [0.25, 0.3) is 0 Å². The van der Waals surface area contributed by atoms with Gasteiger partial charge in [-0.25, -0.2) is 8.78 Å². The fourth-order valence-electron chi connectivity index (χ4n) is 2.77. The van der Waals surface area contributed by atoms with Crippen molar-refractivity contribution in [2.75, 3.05) is 26.7 Å². The van der Waals surface area contributed by atoms with Crippen LogP contribution in [0.4, 0.5) is 8.78 Å². The van der Waals surface area contributed by atoms with Gasteiger partial charge in [-0.1, -0.05) is 13.0 Å². The van der Waals surface area contributed by atoms with Gasteiger partial charge >= 0.3 is 0 Å². The lowest BCUT2D eigenvalue weighted by Crippen LogP contribution is -2.47. The summed E-state index contributed by atoms with van der Waals surface area (Å²) in [4.78, 5) is 15.9. The first-order valence-corrected chi connectivity index (χ1v) is 7.90. The first-order valence-electron chi connectivity index (χ1n) is 7.90. The minimum atomic E-state index is -0.914. The van der Waals surface area contributed by atoms with Gasteiger partial charge in [-0.2, -0.15) is 0 Å². The molecule has 1 amide bonds. The lowest BCUT2D eigenvalue weighted by Gasteiger charge is -2.35. The average molecular weight is 326 g/mol. The maximum absolute atomic E-state index is 13.3. The van der Waals surface area contributed by atoms with Crippen LogP contribution in [0.3, 0.4) is 0 Å². The summed E-state index contributed by atoms with van der Waals surface area (Å²) in [6, 6.07) is 3.32. The normalized spacial score (nSPS) is 23.6. The molecule has 2 rings (SSSR count). The third kappa shape index (κ3) is 4.26. The molecule has 0 saturated carbocycles. The van der Waals surface area contributed by atoms with Crippen LogP contribution in [0, 0.1) is 17.6 Å². The minimum Gasteiger partial charge on any atom is -0.392 e. The number of hydrogen-bond donors (Lipinski definition) is 1. The maximum atomic E-state index is 13.3. The summed E-state index contributed by atoms with van der Waals surface area (Å²) in [7, 11) is 1.65. The first-order chi connectivity index (χ1) is 10.8. The molecule has 1 aromatic carbocycles. The zero-order valence-electron chi connectivity index (χ0n) is 13.8. The molecule has 1 aliphatic rings. The van der Waals surface area contributed by atoms with Gasteiger partial charge in [0.25, 0.3) is 0 Å². The second-order valence-electron chi connectivity index (χ2n) is 6.42. The minimum absolute atomic E-state index is 0.107. The molecule has 23 heavy (non-hydrogen) atoms. The number of halogens is 2. The Morgan fingerprint density at radius 2 is 2.13 bits per heavy atom. The number of hydrogen-bond acceptors (Lipinski definition) is 3. The molecule has 1 fully saturated rings. The molecule has 3 atom stereocenters. The molecule has 0 aliphatic carbocycles. The molecule has 128 valence electrons. The number of piperidine rings is 1. The Morgan fingerprint density at radius 1 is 1.43 bits per heavy atom. The SMILES string of the molecule is CC1CCN(CC(=O)N(C)C(C)c2ccc(F)c(F)c2)CC1O. The average Bonchev–Trinajstić information content (AvgIpc) is 2.52. The van der Waals surface area contributed by atoms with Gasteiger partial charge in [-0.15, -0.1) is 0 Å². The molecule has 0 bridgehead atoms. The van der Waals surface area contributed by atoms with E-state index in [9.17, 15) is 18.7 Å². The smallest absolute Gasteiger partial charge is 0.236 e. The van der Waals surface area contributed by atoms with Crippen molar-refractivity contribution in [3.8, 4) is 0 Å². The number of nitrogens with zero attached hydrogens (tertiary/aromatic N) is 2. The van der Waals surface area contributed by atoms with Crippen molar-refractivity contribution in [3.63, 3.8) is 0 Å². The fraction of sp³-hybridized carbons (Fsp3) is 0.588. The van der Waals surface area contributed by atoms with Gasteiger partial charge in [-0.3, -0.25) is 9.69 Å². The molecule has 1 saturated heterocycles. The van der Waals surface area contributed by atoms with Gasteiger partial charge in [-0.05, 0) is 43.5 Å². The highest BCUT2D eigenvalue weighted by Gasteiger charge is 2.27. The molecule has 0 radical (unpaired) electrons. The van der Waals surface area contributed by atoms with Crippen LogP contribution in [0.5, 0.6) is 0 Å². The van der Waals surface area contributed by atoms with Gasteiger partial charge in [0.2, 0.25) is 5.91 Å². The summed E-state index contributed by atoms with van der Waals surface area (Å²) in [5.74, 6) is -1.67. The quantitative estimate of drug-likeness (QED) is 0.922. The van der Waals surface area contributed by atoms with Crippen LogP contribution in [0.15, 0.2) is 18.2 Å². The molecular formula is C17H24F2N2O2. The van der Waals surface area contributed by atoms with E-state index in [0.717, 1.165) is 25.1 Å². The predicted octanol–water partition coefficient (Wildman–Crippen LogP) is 2.19. The summed E-state index contributed by atoms with van der Waals surface area (Å²) in [5.41, 5.74) is 0.548. The number of aliphatic hydroxyl groups is 1. The number of carbonyl (C=O) groups is 1. The van der Waals surface area contributed by atoms with E-state index >= 15 is 0 Å². The third-order valence-corrected chi connectivity index (χ3v) is 4.76. The third-order valence-electron chi connectivity index (χ3n) is 4.76. The maximum Gasteiger partial charge on any atom is 0.236 e. The number of β-amino-alcohol motifs (C(OH)–C–C–N with tert-alkyl or cyclic N) is 1. The highest BCUT2D eigenvalue weighted by Crippen LogP contribution is 2.22. The number of benzene rings is 1. The van der Waals surface area contributed by atoms with E-state index in [0.29, 0.717) is 12.1 Å². The Balaban J connectivity index is 1.97. The van der Waals surface area contributed by atoms with Gasteiger partial charge in [0, 0.05) is 13.6 Å². The van der Waals surface area contributed by atoms with Crippen LogP contribution < -0.4 is 0 Å². The van der Waals surface area contributed by atoms with Crippen LogP contribution >= 0.6 is 0 Å². The highest BCUT2D eigenvalue weighted by molar-refractivity contribution is 5.78. The van der Waals surface area contributed by atoms with Crippen LogP contribution in [0.1, 0.15) is 31.9 Å². The van der Waals surface area contributed by atoms with E-state index in [1.54, 1.807) is 14.0 Å². The van der Waals surface area contributed by atoms with E-state index in [4.69, 9.17) is 0 Å². The number of rotatable bonds is 4. The van der Waals surface area contributed by atoms with Gasteiger partial charge in [0.15, 0.2) is 11.6 Å². The fourth-order valence-corrected chi connectivity index (χ4v) is 2.77. The molecule has 1 aromatic rings. The van der Waals surface area contributed by atoms with E-state index in [-0.39, 0.29) is 24.4 Å². The summed E-state index contributed by atoms with van der Waals surface area (Å²) in [5, 5.41) is 9.90. The van der Waals surface area contributed by atoms with Crippen molar-refractivity contribution < 1.29 is 18.7 Å². The summed E-state index contributed by atoms with van der Waals surface area (Å²) in [6.45, 7) is 5.25. The highest BCUT2D eigenvalue weighted by atomic mass is 19.2. The van der Waals surface area contributed by atoms with Crippen molar-refractivity contribution in [3.05, 3.63) is 35.4 Å². The van der Waals surface area contributed by atoms with Gasteiger partial charge < -0.3 is 10.0 Å². The van der Waals surface area contributed by atoms with Gasteiger partial charge in [0.05, 0.1) is 18.7 Å². The van der Waals surface area contributed by atoms with E-state index in [2.05, 4.69) is 0 Å². The second kappa shape index (κ2) is 7.36. The topological polar surface area (TPSA) is 43.8 Å². The zero-order valence-corrected chi connectivity index (χ0v) is 13.8. The lowest BCUT2D eigenvalue weighted by atomic mass is 9.96. The number of likely N-dealkylation sites (N-methyl/N-ethyl adjacent to an activating group) is 1. The van der Waals surface area contributed by atoms with Crippen molar-refractivity contribution in [2.24, 2.45) is 5.92 Å². The van der Waals surface area contributed by atoms with Crippen molar-refractivity contribution in [1.29, 1.82) is 0 Å². The molecule has 1 aliphatic heterocycles. The van der Waals surface area contributed by atoms with Gasteiger partial charge in [0.1, 0.15) is 0 Å². The summed E-state index contributed by atoms with van der Waals surface area (Å²) < 4.78 is 26.4. The molecule has 4 nitrogen and oxygen atoms in total. The Bertz CT molecular complexity index is 568. The zero-order chi connectivity index (χ0) is 17.1. The lowest BCUT2D eigenvalue weighted by molar-refractivity contribution is -0.134. The molecule has 1 N–H and O–H groups in total. The van der Waals surface area contributed by atoms with E-state index in [1.165, 1.54) is 11.0 Å². The Hall–Kier alpha value is -1.53. The Kier molecular flexibility index (Phi) is 5.70. The summed E-state index contributed by atoms with van der Waals surface area (Å²) in [6.07, 6.45) is 0.446. The largest absolute Gasteiger partial charge is 0.392 e. The molecule has 3 unspecified atom stereocenters. The molecule has 0 aromatic heterocycles. The Morgan fingerprint density at radius 3 is 2.74 bits per heavy atom. The van der Waals surface area contributed by atoms with Crippen molar-refractivity contribution in [1.82, 2.24) is 9.80 Å².